The highest BCUT2D eigenvalue weighted by molar-refractivity contribution is 5.77. The molecule has 0 radical (unpaired) electrons. The van der Waals surface area contributed by atoms with Crippen molar-refractivity contribution in [1.29, 1.82) is 0 Å². The molecule has 3 N–H and O–H groups in total. The van der Waals surface area contributed by atoms with E-state index >= 15 is 0 Å². The fourth-order valence-electron chi connectivity index (χ4n) is 2.75. The predicted octanol–water partition coefficient (Wildman–Crippen LogP) is 2.98. The molecule has 0 heterocycles. The maximum atomic E-state index is 12.4. The van der Waals surface area contributed by atoms with Gasteiger partial charge >= 0.3 is 0 Å². The van der Waals surface area contributed by atoms with Crippen LogP contribution in [-0.2, 0) is 4.79 Å². The highest BCUT2D eigenvalue weighted by Gasteiger charge is 2.19. The van der Waals surface area contributed by atoms with Gasteiger partial charge < -0.3 is 25.3 Å². The molecule has 0 spiro atoms. The van der Waals surface area contributed by atoms with E-state index in [9.17, 15) is 4.79 Å². The van der Waals surface area contributed by atoms with Gasteiger partial charge in [0.15, 0.2) is 11.5 Å². The van der Waals surface area contributed by atoms with Crippen LogP contribution in [0.1, 0.15) is 36.6 Å². The van der Waals surface area contributed by atoms with Crippen LogP contribution < -0.4 is 25.3 Å². The lowest BCUT2D eigenvalue weighted by Gasteiger charge is -2.20. The smallest absolute Gasteiger partial charge is 0.222 e. The Labute approximate surface area is 154 Å². The zero-order valence-corrected chi connectivity index (χ0v) is 15.6. The molecule has 2 atom stereocenters. The molecule has 0 aliphatic carbocycles. The Bertz CT molecular complexity index is 709. The summed E-state index contributed by atoms with van der Waals surface area (Å²) in [6.07, 6.45) is 0.207. The molecule has 6 heteroatoms. The second kappa shape index (κ2) is 9.10. The van der Waals surface area contributed by atoms with Crippen molar-refractivity contribution >= 4 is 5.91 Å². The van der Waals surface area contributed by atoms with Crippen LogP contribution in [-0.4, -0.2) is 27.2 Å². The topological polar surface area (TPSA) is 82.8 Å². The van der Waals surface area contributed by atoms with Crippen LogP contribution in [0.25, 0.3) is 0 Å². The van der Waals surface area contributed by atoms with Gasteiger partial charge in [-0.05, 0) is 30.2 Å². The summed E-state index contributed by atoms with van der Waals surface area (Å²) in [4.78, 5) is 12.4. The van der Waals surface area contributed by atoms with Crippen molar-refractivity contribution in [3.63, 3.8) is 0 Å². The molecule has 2 aromatic carbocycles. The molecule has 0 fully saturated rings. The third kappa shape index (κ3) is 4.67. The standard InChI is InChI=1S/C20H26N2O4/c1-13(15-10-17(24-2)20(26-4)18(11-15)25-3)22-19(23)12-16(21)14-8-6-5-7-9-14/h5-11,13,16H,12,21H2,1-4H3,(H,22,23). The number of methoxy groups -OCH3 is 3. The molecular weight excluding hydrogens is 332 g/mol. The lowest BCUT2D eigenvalue weighted by molar-refractivity contribution is -0.122. The zero-order chi connectivity index (χ0) is 19.1. The minimum Gasteiger partial charge on any atom is -0.493 e. The highest BCUT2D eigenvalue weighted by Crippen LogP contribution is 2.39. The SMILES string of the molecule is COc1cc(C(C)NC(=O)CC(N)c2ccccc2)cc(OC)c1OC. The third-order valence-electron chi connectivity index (χ3n) is 4.20. The summed E-state index contributed by atoms with van der Waals surface area (Å²) < 4.78 is 16.0. The van der Waals surface area contributed by atoms with Gasteiger partial charge in [0.25, 0.3) is 0 Å². The Morgan fingerprint density at radius 2 is 1.58 bits per heavy atom. The van der Waals surface area contributed by atoms with Crippen molar-refractivity contribution < 1.29 is 19.0 Å². The molecule has 140 valence electrons. The molecule has 0 aliphatic heterocycles. The van der Waals surface area contributed by atoms with E-state index in [-0.39, 0.29) is 24.4 Å². The third-order valence-corrected chi connectivity index (χ3v) is 4.20. The summed E-state index contributed by atoms with van der Waals surface area (Å²) in [5, 5.41) is 2.97. The van der Waals surface area contributed by atoms with Crippen LogP contribution in [0.15, 0.2) is 42.5 Å². The Balaban J connectivity index is 2.09. The normalized spacial score (nSPS) is 12.8. The fourth-order valence-corrected chi connectivity index (χ4v) is 2.75. The summed E-state index contributed by atoms with van der Waals surface area (Å²) in [5.74, 6) is 1.49. The number of ether oxygens (including phenoxy) is 3. The average Bonchev–Trinajstić information content (AvgIpc) is 2.67. The minimum atomic E-state index is -0.344. The Kier molecular flexibility index (Phi) is 6.86. The average molecular weight is 358 g/mol. The van der Waals surface area contributed by atoms with E-state index < -0.39 is 0 Å². The van der Waals surface area contributed by atoms with Gasteiger partial charge in [0.2, 0.25) is 11.7 Å². The lowest BCUT2D eigenvalue weighted by atomic mass is 10.0. The van der Waals surface area contributed by atoms with E-state index in [1.165, 1.54) is 0 Å². The quantitative estimate of drug-likeness (QED) is 0.758. The summed E-state index contributed by atoms with van der Waals surface area (Å²) in [6, 6.07) is 12.6. The van der Waals surface area contributed by atoms with E-state index in [0.717, 1.165) is 11.1 Å². The molecule has 0 bridgehead atoms. The van der Waals surface area contributed by atoms with Crippen molar-refractivity contribution in [2.75, 3.05) is 21.3 Å². The van der Waals surface area contributed by atoms with Crippen LogP contribution in [0.4, 0.5) is 0 Å². The molecular formula is C20H26N2O4. The lowest BCUT2D eigenvalue weighted by Crippen LogP contribution is -2.29. The van der Waals surface area contributed by atoms with Gasteiger partial charge in [-0.25, -0.2) is 0 Å². The number of benzene rings is 2. The second-order valence-corrected chi connectivity index (χ2v) is 5.97. The van der Waals surface area contributed by atoms with Crippen molar-refractivity contribution in [3.05, 3.63) is 53.6 Å². The van der Waals surface area contributed by atoms with Gasteiger partial charge in [0.1, 0.15) is 0 Å². The molecule has 2 aromatic rings. The minimum absolute atomic E-state index is 0.123. The number of rotatable bonds is 8. The first-order valence-electron chi connectivity index (χ1n) is 8.40. The van der Waals surface area contributed by atoms with E-state index in [1.54, 1.807) is 21.3 Å². The number of hydrogen-bond acceptors (Lipinski definition) is 5. The number of carbonyl (C=O) groups is 1. The molecule has 1 amide bonds. The Hall–Kier alpha value is -2.73. The summed E-state index contributed by atoms with van der Waals surface area (Å²) in [7, 11) is 4.67. The molecule has 0 saturated carbocycles. The first-order valence-corrected chi connectivity index (χ1v) is 8.40. The van der Waals surface area contributed by atoms with Crippen LogP contribution >= 0.6 is 0 Å². The van der Waals surface area contributed by atoms with Crippen LogP contribution in [0.2, 0.25) is 0 Å². The van der Waals surface area contributed by atoms with Crippen molar-refractivity contribution in [2.45, 2.75) is 25.4 Å². The zero-order valence-electron chi connectivity index (χ0n) is 15.6. The predicted molar refractivity (Wildman–Crippen MR) is 101 cm³/mol. The largest absolute Gasteiger partial charge is 0.493 e. The molecule has 2 rings (SSSR count). The maximum absolute atomic E-state index is 12.4. The molecule has 0 aromatic heterocycles. The van der Waals surface area contributed by atoms with Gasteiger partial charge in [0, 0.05) is 12.5 Å². The molecule has 0 saturated heterocycles. The number of hydrogen-bond donors (Lipinski definition) is 2. The van der Waals surface area contributed by atoms with Gasteiger partial charge in [0.05, 0.1) is 27.4 Å². The van der Waals surface area contributed by atoms with E-state index in [1.807, 2.05) is 49.4 Å². The first-order chi connectivity index (χ1) is 12.5. The second-order valence-electron chi connectivity index (χ2n) is 5.97. The van der Waals surface area contributed by atoms with E-state index in [2.05, 4.69) is 5.32 Å². The van der Waals surface area contributed by atoms with Gasteiger partial charge in [-0.3, -0.25) is 4.79 Å². The van der Waals surface area contributed by atoms with E-state index in [0.29, 0.717) is 17.2 Å². The van der Waals surface area contributed by atoms with Gasteiger partial charge in [-0.2, -0.15) is 0 Å². The van der Waals surface area contributed by atoms with Gasteiger partial charge in [-0.1, -0.05) is 30.3 Å². The van der Waals surface area contributed by atoms with Crippen LogP contribution in [0.3, 0.4) is 0 Å². The number of nitrogens with one attached hydrogen (secondary N) is 1. The first kappa shape index (κ1) is 19.6. The van der Waals surface area contributed by atoms with Crippen molar-refractivity contribution in [2.24, 2.45) is 5.73 Å². The summed E-state index contributed by atoms with van der Waals surface area (Å²) >= 11 is 0. The Morgan fingerprint density at radius 3 is 2.08 bits per heavy atom. The number of carbonyl (C=O) groups excluding carboxylic acids is 1. The number of nitrogens with two attached hydrogens (primary N) is 1. The Morgan fingerprint density at radius 1 is 1.00 bits per heavy atom. The van der Waals surface area contributed by atoms with Crippen LogP contribution in [0, 0.1) is 0 Å². The maximum Gasteiger partial charge on any atom is 0.222 e. The molecule has 0 aliphatic rings. The van der Waals surface area contributed by atoms with Crippen molar-refractivity contribution in [3.8, 4) is 17.2 Å². The van der Waals surface area contributed by atoms with Crippen LogP contribution in [0.5, 0.6) is 17.2 Å². The molecule has 2 unspecified atom stereocenters. The highest BCUT2D eigenvalue weighted by atomic mass is 16.5. The monoisotopic (exact) mass is 358 g/mol. The summed E-state index contributed by atoms with van der Waals surface area (Å²) in [5.41, 5.74) is 7.90. The summed E-state index contributed by atoms with van der Waals surface area (Å²) in [6.45, 7) is 1.90. The molecule has 6 nitrogen and oxygen atoms in total. The molecule has 26 heavy (non-hydrogen) atoms. The van der Waals surface area contributed by atoms with E-state index in [4.69, 9.17) is 19.9 Å². The van der Waals surface area contributed by atoms with Gasteiger partial charge in [-0.15, -0.1) is 0 Å². The number of amides is 1. The van der Waals surface area contributed by atoms with Crippen molar-refractivity contribution in [1.82, 2.24) is 5.32 Å². The fraction of sp³-hybridized carbons (Fsp3) is 0.350.